The van der Waals surface area contributed by atoms with Crippen LogP contribution < -0.4 is 4.74 Å². The molecule has 0 aliphatic rings. The van der Waals surface area contributed by atoms with E-state index in [-0.39, 0.29) is 22.6 Å². The van der Waals surface area contributed by atoms with Crippen LogP contribution in [0.1, 0.15) is 36.2 Å². The molecule has 1 atom stereocenters. The molecule has 0 bridgehead atoms. The van der Waals surface area contributed by atoms with Crippen LogP contribution in [0, 0.1) is 0 Å². The Morgan fingerprint density at radius 1 is 1.11 bits per heavy atom. The van der Waals surface area contributed by atoms with E-state index in [4.69, 9.17) is 4.74 Å². The topological polar surface area (TPSA) is 66.9 Å². The number of amides is 1. The summed E-state index contributed by atoms with van der Waals surface area (Å²) >= 11 is 0. The highest BCUT2D eigenvalue weighted by Crippen LogP contribution is 2.28. The number of methoxy groups -OCH3 is 1. The molecule has 0 aromatic heterocycles. The molecule has 0 fully saturated rings. The SMILES string of the molecule is CCC(C)N(Cc1ccccc1)C(=O)c1ccc(OC)c(S(=O)(=O)N(C)C)c1. The van der Waals surface area contributed by atoms with E-state index in [0.717, 1.165) is 16.3 Å². The zero-order valence-corrected chi connectivity index (χ0v) is 17.9. The summed E-state index contributed by atoms with van der Waals surface area (Å²) < 4.78 is 31.6. The van der Waals surface area contributed by atoms with Crippen molar-refractivity contribution in [1.82, 2.24) is 9.21 Å². The lowest BCUT2D eigenvalue weighted by molar-refractivity contribution is 0.0671. The standard InChI is InChI=1S/C21H28N2O4S/c1-6-16(2)23(15-17-10-8-7-9-11-17)21(24)18-12-13-19(27-5)20(14-18)28(25,26)22(3)4/h7-14,16H,6,15H2,1-5H3. The van der Waals surface area contributed by atoms with E-state index in [1.165, 1.54) is 33.3 Å². The lowest BCUT2D eigenvalue weighted by Gasteiger charge is -2.29. The zero-order chi connectivity index (χ0) is 20.9. The van der Waals surface area contributed by atoms with Crippen LogP contribution in [0.25, 0.3) is 0 Å². The van der Waals surface area contributed by atoms with Crippen LogP contribution in [0.3, 0.4) is 0 Å². The minimum atomic E-state index is -3.75. The normalized spacial score (nSPS) is 12.6. The van der Waals surface area contributed by atoms with Crippen molar-refractivity contribution >= 4 is 15.9 Å². The number of hydrogen-bond acceptors (Lipinski definition) is 4. The van der Waals surface area contributed by atoms with Gasteiger partial charge in [0.25, 0.3) is 5.91 Å². The predicted molar refractivity (Wildman–Crippen MR) is 110 cm³/mol. The van der Waals surface area contributed by atoms with Gasteiger partial charge in [0.1, 0.15) is 10.6 Å². The fourth-order valence-electron chi connectivity index (χ4n) is 2.80. The van der Waals surface area contributed by atoms with E-state index in [9.17, 15) is 13.2 Å². The molecule has 6 nitrogen and oxygen atoms in total. The van der Waals surface area contributed by atoms with E-state index in [1.54, 1.807) is 11.0 Å². The van der Waals surface area contributed by atoms with Gasteiger partial charge in [-0.05, 0) is 37.1 Å². The van der Waals surface area contributed by atoms with Crippen molar-refractivity contribution < 1.29 is 17.9 Å². The first-order valence-corrected chi connectivity index (χ1v) is 10.6. The molecule has 28 heavy (non-hydrogen) atoms. The number of carbonyl (C=O) groups excluding carboxylic acids is 1. The third-order valence-corrected chi connectivity index (χ3v) is 6.58. The Balaban J connectivity index is 2.47. The number of hydrogen-bond donors (Lipinski definition) is 0. The summed E-state index contributed by atoms with van der Waals surface area (Å²) in [6.07, 6.45) is 0.789. The molecule has 0 saturated heterocycles. The van der Waals surface area contributed by atoms with Crippen molar-refractivity contribution in [3.63, 3.8) is 0 Å². The molecule has 0 aliphatic carbocycles. The highest BCUT2D eigenvalue weighted by molar-refractivity contribution is 7.89. The van der Waals surface area contributed by atoms with Crippen LogP contribution in [-0.2, 0) is 16.6 Å². The monoisotopic (exact) mass is 404 g/mol. The number of benzene rings is 2. The molecule has 7 heteroatoms. The van der Waals surface area contributed by atoms with E-state index < -0.39 is 10.0 Å². The minimum absolute atomic E-state index is 0.00344. The molecule has 0 aliphatic heterocycles. The van der Waals surface area contributed by atoms with Crippen molar-refractivity contribution in [3.8, 4) is 5.75 Å². The molecule has 0 spiro atoms. The summed E-state index contributed by atoms with van der Waals surface area (Å²) in [5.74, 6) is -0.000499. The first kappa shape index (κ1) is 21.9. The molecule has 0 heterocycles. The van der Waals surface area contributed by atoms with Gasteiger partial charge in [0, 0.05) is 32.2 Å². The Kier molecular flexibility index (Phi) is 7.21. The minimum Gasteiger partial charge on any atom is -0.495 e. The number of carbonyl (C=O) groups is 1. The summed E-state index contributed by atoms with van der Waals surface area (Å²) in [6, 6.07) is 14.3. The highest BCUT2D eigenvalue weighted by Gasteiger charge is 2.26. The summed E-state index contributed by atoms with van der Waals surface area (Å²) in [4.78, 5) is 15.0. The first-order valence-electron chi connectivity index (χ1n) is 9.17. The highest BCUT2D eigenvalue weighted by atomic mass is 32.2. The molecular formula is C21H28N2O4S. The number of sulfonamides is 1. The molecule has 0 radical (unpaired) electrons. The van der Waals surface area contributed by atoms with E-state index >= 15 is 0 Å². The Bertz CT molecular complexity index is 911. The number of nitrogens with zero attached hydrogens (tertiary/aromatic N) is 2. The second-order valence-corrected chi connectivity index (χ2v) is 8.95. The maximum atomic E-state index is 13.3. The molecule has 2 rings (SSSR count). The molecule has 0 saturated carbocycles. The van der Waals surface area contributed by atoms with Crippen LogP contribution >= 0.6 is 0 Å². The zero-order valence-electron chi connectivity index (χ0n) is 17.0. The third kappa shape index (κ3) is 4.72. The van der Waals surface area contributed by atoms with Crippen molar-refractivity contribution in [3.05, 3.63) is 59.7 Å². The number of ether oxygens (including phenoxy) is 1. The van der Waals surface area contributed by atoms with Crippen LogP contribution in [-0.4, -0.2) is 50.8 Å². The van der Waals surface area contributed by atoms with Gasteiger partial charge in [-0.15, -0.1) is 0 Å². The van der Waals surface area contributed by atoms with Crippen LogP contribution in [0.5, 0.6) is 5.75 Å². The summed E-state index contributed by atoms with van der Waals surface area (Å²) in [5, 5.41) is 0. The molecule has 1 amide bonds. The van der Waals surface area contributed by atoms with Gasteiger partial charge in [0.2, 0.25) is 10.0 Å². The molecule has 2 aromatic carbocycles. The average molecular weight is 405 g/mol. The first-order chi connectivity index (χ1) is 13.2. The summed E-state index contributed by atoms with van der Waals surface area (Å²) in [5.41, 5.74) is 1.34. The maximum Gasteiger partial charge on any atom is 0.254 e. The molecule has 152 valence electrons. The van der Waals surface area contributed by atoms with Gasteiger partial charge < -0.3 is 9.64 Å². The lowest BCUT2D eigenvalue weighted by Crippen LogP contribution is -2.38. The van der Waals surface area contributed by atoms with Gasteiger partial charge in [0.05, 0.1) is 7.11 Å². The fraction of sp³-hybridized carbons (Fsp3) is 0.381. The Labute approximate surface area is 167 Å². The van der Waals surface area contributed by atoms with Crippen molar-refractivity contribution in [2.75, 3.05) is 21.2 Å². The smallest absolute Gasteiger partial charge is 0.254 e. The van der Waals surface area contributed by atoms with Gasteiger partial charge in [-0.3, -0.25) is 4.79 Å². The second kappa shape index (κ2) is 9.21. The van der Waals surface area contributed by atoms with Crippen LogP contribution in [0.15, 0.2) is 53.4 Å². The molecule has 1 unspecified atom stereocenters. The fourth-order valence-corrected chi connectivity index (χ4v) is 3.88. The molecule has 2 aromatic rings. The summed E-state index contributed by atoms with van der Waals surface area (Å²) in [7, 11) is 0.558. The van der Waals surface area contributed by atoms with E-state index in [0.29, 0.717) is 12.1 Å². The number of rotatable bonds is 8. The average Bonchev–Trinajstić information content (AvgIpc) is 2.71. The largest absolute Gasteiger partial charge is 0.495 e. The summed E-state index contributed by atoms with van der Waals surface area (Å²) in [6.45, 7) is 4.46. The Morgan fingerprint density at radius 2 is 1.75 bits per heavy atom. The van der Waals surface area contributed by atoms with Gasteiger partial charge in [-0.1, -0.05) is 37.3 Å². The predicted octanol–water partition coefficient (Wildman–Crippen LogP) is 3.39. The maximum absolute atomic E-state index is 13.3. The molecule has 0 N–H and O–H groups in total. The molecular weight excluding hydrogens is 376 g/mol. The van der Waals surface area contributed by atoms with Gasteiger partial charge in [0.15, 0.2) is 0 Å². The quantitative estimate of drug-likeness (QED) is 0.676. The second-order valence-electron chi connectivity index (χ2n) is 6.83. The van der Waals surface area contributed by atoms with E-state index in [2.05, 4.69) is 0 Å². The third-order valence-electron chi connectivity index (χ3n) is 4.75. The van der Waals surface area contributed by atoms with Gasteiger partial charge in [-0.2, -0.15) is 0 Å². The lowest BCUT2D eigenvalue weighted by atomic mass is 10.1. The van der Waals surface area contributed by atoms with Crippen molar-refractivity contribution in [1.29, 1.82) is 0 Å². The van der Waals surface area contributed by atoms with Crippen molar-refractivity contribution in [2.45, 2.75) is 37.8 Å². The van der Waals surface area contributed by atoms with Crippen molar-refractivity contribution in [2.24, 2.45) is 0 Å². The van der Waals surface area contributed by atoms with E-state index in [1.807, 2.05) is 44.2 Å². The van der Waals surface area contributed by atoms with Gasteiger partial charge >= 0.3 is 0 Å². The van der Waals surface area contributed by atoms with Gasteiger partial charge in [-0.25, -0.2) is 12.7 Å². The van der Waals surface area contributed by atoms with Crippen LogP contribution in [0.4, 0.5) is 0 Å². The Hall–Kier alpha value is -2.38. The van der Waals surface area contributed by atoms with Crippen LogP contribution in [0.2, 0.25) is 0 Å². The Morgan fingerprint density at radius 3 is 2.29 bits per heavy atom.